The first-order valence-electron chi connectivity index (χ1n) is 12.6. The molecule has 0 saturated carbocycles. The molecule has 4 amide bonds. The van der Waals surface area contributed by atoms with Gasteiger partial charge in [-0.15, -0.1) is 0 Å². The Balaban J connectivity index is 3.01. The van der Waals surface area contributed by atoms with Gasteiger partial charge in [-0.2, -0.15) is 0 Å². The summed E-state index contributed by atoms with van der Waals surface area (Å²) in [5, 5.41) is 17.2. The summed E-state index contributed by atoms with van der Waals surface area (Å²) < 4.78 is 0. The van der Waals surface area contributed by atoms with Crippen LogP contribution in [0.4, 0.5) is 0 Å². The number of aromatic nitrogens is 2. The van der Waals surface area contributed by atoms with Crippen LogP contribution >= 0.6 is 0 Å². The number of aromatic amines is 1. The minimum Gasteiger partial charge on any atom is -0.480 e. The Morgan fingerprint density at radius 2 is 1.39 bits per heavy atom. The van der Waals surface area contributed by atoms with E-state index in [0.717, 1.165) is 0 Å². The summed E-state index contributed by atoms with van der Waals surface area (Å²) in [7, 11) is 0. The zero-order chi connectivity index (χ0) is 28.5. The van der Waals surface area contributed by atoms with Crippen LogP contribution in [-0.2, 0) is 30.4 Å². The second-order valence-electron chi connectivity index (χ2n) is 8.98. The van der Waals surface area contributed by atoms with Crippen LogP contribution in [0.1, 0.15) is 57.1 Å². The average molecular weight is 540 g/mol. The molecule has 1 heterocycles. The molecular weight excluding hydrogens is 498 g/mol. The van der Waals surface area contributed by atoms with Gasteiger partial charge >= 0.3 is 5.97 Å². The van der Waals surface area contributed by atoms with E-state index in [1.807, 2.05) is 0 Å². The molecule has 4 unspecified atom stereocenters. The standard InChI is InChI=1S/C23H41N9O6/c24-9-3-1-5-16(21(35)31-17(23(37)38)6-2-4-10-25)30-22(36)18(11-14-12-28-13-29-14)32-20(34)15(26)7-8-19(27)33/h12-13,15-18H,1-11,24-26H2,(H2,27,33)(H,28,29)(H,30,36)(H,31,35)(H,32,34)(H,37,38). The van der Waals surface area contributed by atoms with Crippen LogP contribution in [0.3, 0.4) is 0 Å². The second kappa shape index (κ2) is 17.8. The first-order valence-corrected chi connectivity index (χ1v) is 12.6. The van der Waals surface area contributed by atoms with Crippen molar-refractivity contribution in [3.8, 4) is 0 Å². The fraction of sp³-hybridized carbons (Fsp3) is 0.652. The Labute approximate surface area is 221 Å². The molecule has 0 saturated heterocycles. The maximum absolute atomic E-state index is 13.3. The van der Waals surface area contributed by atoms with Gasteiger partial charge in [-0.3, -0.25) is 19.2 Å². The lowest BCUT2D eigenvalue weighted by atomic mass is 10.0. The Morgan fingerprint density at radius 1 is 0.842 bits per heavy atom. The molecule has 15 heteroatoms. The molecule has 0 aliphatic heterocycles. The first kappa shape index (κ1) is 32.5. The monoisotopic (exact) mass is 539 g/mol. The lowest BCUT2D eigenvalue weighted by molar-refractivity contribution is -0.142. The van der Waals surface area contributed by atoms with Gasteiger partial charge in [0.1, 0.15) is 18.1 Å². The van der Waals surface area contributed by atoms with Gasteiger partial charge in [0, 0.05) is 24.7 Å². The van der Waals surface area contributed by atoms with Crippen LogP contribution in [-0.4, -0.2) is 81.9 Å². The van der Waals surface area contributed by atoms with Crippen LogP contribution in [0.5, 0.6) is 0 Å². The molecule has 0 spiro atoms. The van der Waals surface area contributed by atoms with E-state index in [1.165, 1.54) is 12.5 Å². The molecule has 0 aromatic carbocycles. The number of carboxylic acid groups (broad SMARTS) is 1. The number of H-pyrrole nitrogens is 1. The zero-order valence-electron chi connectivity index (χ0n) is 21.5. The minimum absolute atomic E-state index is 0.00803. The Bertz CT molecular complexity index is 896. The van der Waals surface area contributed by atoms with Crippen molar-refractivity contribution in [1.82, 2.24) is 25.9 Å². The van der Waals surface area contributed by atoms with Crippen molar-refractivity contribution in [2.24, 2.45) is 22.9 Å². The zero-order valence-corrected chi connectivity index (χ0v) is 21.5. The lowest BCUT2D eigenvalue weighted by Gasteiger charge is -2.25. The van der Waals surface area contributed by atoms with E-state index >= 15 is 0 Å². The Kier molecular flexibility index (Phi) is 15.2. The smallest absolute Gasteiger partial charge is 0.326 e. The lowest BCUT2D eigenvalue weighted by Crippen LogP contribution is -2.57. The molecule has 38 heavy (non-hydrogen) atoms. The number of primary amides is 1. The number of nitrogens with two attached hydrogens (primary N) is 4. The summed E-state index contributed by atoms with van der Waals surface area (Å²) in [4.78, 5) is 68.3. The molecule has 13 N–H and O–H groups in total. The van der Waals surface area contributed by atoms with Crippen molar-refractivity contribution in [3.05, 3.63) is 18.2 Å². The predicted octanol–water partition coefficient (Wildman–Crippen LogP) is -2.66. The quantitative estimate of drug-likeness (QED) is 0.0775. The van der Waals surface area contributed by atoms with Gasteiger partial charge in [0.25, 0.3) is 0 Å². The number of carboxylic acids is 1. The van der Waals surface area contributed by atoms with Crippen molar-refractivity contribution in [1.29, 1.82) is 0 Å². The van der Waals surface area contributed by atoms with Crippen LogP contribution in [0.2, 0.25) is 0 Å². The summed E-state index contributed by atoms with van der Waals surface area (Å²) in [6.45, 7) is 0.772. The SMILES string of the molecule is NCCCCC(NC(=O)C(CCCCN)NC(=O)C(Cc1cnc[nH]1)NC(=O)C(N)CCC(N)=O)C(=O)O. The fourth-order valence-electron chi connectivity index (χ4n) is 3.59. The third kappa shape index (κ3) is 12.6. The molecule has 4 atom stereocenters. The molecule has 1 aromatic rings. The maximum Gasteiger partial charge on any atom is 0.326 e. The number of amides is 4. The van der Waals surface area contributed by atoms with Crippen molar-refractivity contribution in [3.63, 3.8) is 0 Å². The first-order chi connectivity index (χ1) is 18.1. The van der Waals surface area contributed by atoms with Crippen LogP contribution in [0.25, 0.3) is 0 Å². The normalized spacial score (nSPS) is 14.1. The van der Waals surface area contributed by atoms with Gasteiger partial charge in [0.05, 0.1) is 12.4 Å². The highest BCUT2D eigenvalue weighted by Crippen LogP contribution is 2.07. The van der Waals surface area contributed by atoms with Gasteiger partial charge in [-0.25, -0.2) is 9.78 Å². The summed E-state index contributed by atoms with van der Waals surface area (Å²) in [5.41, 5.74) is 22.5. The van der Waals surface area contributed by atoms with Gasteiger partial charge in [-0.1, -0.05) is 0 Å². The molecule has 0 fully saturated rings. The molecule has 1 aromatic heterocycles. The number of rotatable bonds is 20. The largest absolute Gasteiger partial charge is 0.480 e. The average Bonchev–Trinajstić information content (AvgIpc) is 3.38. The third-order valence-corrected chi connectivity index (χ3v) is 5.79. The molecule has 0 aliphatic rings. The van der Waals surface area contributed by atoms with Crippen molar-refractivity contribution >= 4 is 29.6 Å². The van der Waals surface area contributed by atoms with Gasteiger partial charge in [0.2, 0.25) is 23.6 Å². The maximum atomic E-state index is 13.3. The highest BCUT2D eigenvalue weighted by atomic mass is 16.4. The number of aliphatic carboxylic acids is 1. The summed E-state index contributed by atoms with van der Waals surface area (Å²) in [6, 6.07) is -4.46. The van der Waals surface area contributed by atoms with Crippen molar-refractivity contribution < 1.29 is 29.1 Å². The number of imidazole rings is 1. The van der Waals surface area contributed by atoms with E-state index in [-0.39, 0.29) is 32.1 Å². The van der Waals surface area contributed by atoms with E-state index < -0.39 is 53.8 Å². The molecular formula is C23H41N9O6. The van der Waals surface area contributed by atoms with Crippen LogP contribution < -0.4 is 38.9 Å². The Morgan fingerprint density at radius 3 is 1.92 bits per heavy atom. The number of nitrogens with one attached hydrogen (secondary N) is 4. The van der Waals surface area contributed by atoms with Crippen LogP contribution in [0.15, 0.2) is 12.5 Å². The highest BCUT2D eigenvalue weighted by molar-refractivity contribution is 5.94. The van der Waals surface area contributed by atoms with Crippen molar-refractivity contribution in [2.45, 2.75) is 82.0 Å². The van der Waals surface area contributed by atoms with E-state index in [0.29, 0.717) is 44.5 Å². The molecule has 15 nitrogen and oxygen atoms in total. The minimum atomic E-state index is -1.20. The number of nitrogens with zero attached hydrogens (tertiary/aromatic N) is 1. The number of hydrogen-bond acceptors (Lipinski definition) is 9. The summed E-state index contributed by atoms with van der Waals surface area (Å²) in [5.74, 6) is -3.84. The number of unbranched alkanes of at least 4 members (excludes halogenated alkanes) is 2. The molecule has 0 aliphatic carbocycles. The molecule has 1 rings (SSSR count). The number of carbonyl (C=O) groups excluding carboxylic acids is 4. The van der Waals surface area contributed by atoms with Crippen LogP contribution in [0, 0.1) is 0 Å². The third-order valence-electron chi connectivity index (χ3n) is 5.79. The Hall–Kier alpha value is -3.56. The van der Waals surface area contributed by atoms with E-state index in [9.17, 15) is 29.1 Å². The van der Waals surface area contributed by atoms with Gasteiger partial charge in [0.15, 0.2) is 0 Å². The molecule has 214 valence electrons. The number of carbonyl (C=O) groups is 5. The number of hydrogen-bond donors (Lipinski definition) is 9. The van der Waals surface area contributed by atoms with E-state index in [4.69, 9.17) is 22.9 Å². The highest BCUT2D eigenvalue weighted by Gasteiger charge is 2.30. The second-order valence-corrected chi connectivity index (χ2v) is 8.98. The van der Waals surface area contributed by atoms with Gasteiger partial charge in [-0.05, 0) is 58.0 Å². The van der Waals surface area contributed by atoms with E-state index in [2.05, 4.69) is 25.9 Å². The molecule has 0 bridgehead atoms. The summed E-state index contributed by atoms with van der Waals surface area (Å²) >= 11 is 0. The summed E-state index contributed by atoms with van der Waals surface area (Å²) in [6.07, 6.45) is 5.35. The predicted molar refractivity (Wildman–Crippen MR) is 138 cm³/mol. The topological polar surface area (TPSA) is 274 Å². The van der Waals surface area contributed by atoms with Crippen molar-refractivity contribution in [2.75, 3.05) is 13.1 Å². The molecule has 0 radical (unpaired) electrons. The fourth-order valence-corrected chi connectivity index (χ4v) is 3.59. The van der Waals surface area contributed by atoms with Gasteiger partial charge < -0.3 is 49.0 Å². The van der Waals surface area contributed by atoms with E-state index in [1.54, 1.807) is 0 Å².